The first kappa shape index (κ1) is 9.92. The van der Waals surface area contributed by atoms with Crippen molar-refractivity contribution in [2.45, 2.75) is 20.8 Å². The van der Waals surface area contributed by atoms with Crippen LogP contribution in [0.3, 0.4) is 0 Å². The quantitative estimate of drug-likeness (QED) is 0.715. The Morgan fingerprint density at radius 2 is 2.15 bits per heavy atom. The van der Waals surface area contributed by atoms with E-state index in [2.05, 4.69) is 10.1 Å². The van der Waals surface area contributed by atoms with Gasteiger partial charge in [0.15, 0.2) is 5.82 Å². The maximum atomic E-state index is 5.01. The molecule has 13 heavy (non-hydrogen) atoms. The zero-order valence-electron chi connectivity index (χ0n) is 8.42. The molecule has 0 aliphatic carbocycles. The molecule has 0 bridgehead atoms. The highest BCUT2D eigenvalue weighted by atomic mass is 16.5. The van der Waals surface area contributed by atoms with Crippen LogP contribution in [-0.4, -0.2) is 23.9 Å². The summed E-state index contributed by atoms with van der Waals surface area (Å²) in [5, 5.41) is 3.82. The van der Waals surface area contributed by atoms with Gasteiger partial charge in [-0.3, -0.25) is 0 Å². The summed E-state index contributed by atoms with van der Waals surface area (Å²) < 4.78 is 9.89. The molecule has 0 fully saturated rings. The van der Waals surface area contributed by atoms with Gasteiger partial charge in [-0.25, -0.2) is 0 Å². The molecule has 0 amide bonds. The van der Waals surface area contributed by atoms with Crippen LogP contribution < -0.4 is 0 Å². The number of methoxy groups -OCH3 is 1. The molecule has 1 aromatic rings. The molecule has 4 heteroatoms. The van der Waals surface area contributed by atoms with E-state index in [1.54, 1.807) is 14.0 Å². The van der Waals surface area contributed by atoms with E-state index in [-0.39, 0.29) is 0 Å². The molecule has 1 heterocycles. The molecule has 0 radical (unpaired) electrons. The summed E-state index contributed by atoms with van der Waals surface area (Å²) in [5.74, 6) is 1.23. The number of rotatable bonds is 3. The van der Waals surface area contributed by atoms with Crippen molar-refractivity contribution in [3.05, 3.63) is 17.3 Å². The Labute approximate surface area is 77.6 Å². The molecule has 0 N–H and O–H groups in total. The van der Waals surface area contributed by atoms with Crippen molar-refractivity contribution in [2.24, 2.45) is 0 Å². The minimum Gasteiger partial charge on any atom is -0.380 e. The van der Waals surface area contributed by atoms with E-state index >= 15 is 0 Å². The van der Waals surface area contributed by atoms with Gasteiger partial charge in [-0.05, 0) is 25.0 Å². The second kappa shape index (κ2) is 4.18. The highest BCUT2D eigenvalue weighted by molar-refractivity contribution is 5.60. The summed E-state index contributed by atoms with van der Waals surface area (Å²) >= 11 is 0. The lowest BCUT2D eigenvalue weighted by molar-refractivity contribution is 0.226. The highest BCUT2D eigenvalue weighted by Gasteiger charge is 2.06. The average molecular weight is 182 g/mol. The number of allylic oxidation sites excluding steroid dienone is 1. The molecule has 0 spiro atoms. The van der Waals surface area contributed by atoms with Crippen LogP contribution in [0.15, 0.2) is 10.1 Å². The van der Waals surface area contributed by atoms with Crippen molar-refractivity contribution in [3.8, 4) is 0 Å². The Hall–Kier alpha value is -1.16. The lowest BCUT2D eigenvalue weighted by Crippen LogP contribution is -1.95. The van der Waals surface area contributed by atoms with Gasteiger partial charge in [0.05, 0.1) is 6.61 Å². The normalized spacial score (nSPS) is 12.9. The smallest absolute Gasteiger partial charge is 0.223 e. The predicted molar refractivity (Wildman–Crippen MR) is 49.2 cm³/mol. The van der Waals surface area contributed by atoms with Crippen LogP contribution in [0, 0.1) is 6.92 Å². The van der Waals surface area contributed by atoms with Gasteiger partial charge in [0.2, 0.25) is 5.89 Å². The monoisotopic (exact) mass is 182 g/mol. The van der Waals surface area contributed by atoms with Crippen molar-refractivity contribution in [1.29, 1.82) is 0 Å². The molecule has 0 aliphatic heterocycles. The van der Waals surface area contributed by atoms with Gasteiger partial charge < -0.3 is 9.26 Å². The number of aryl methyl sites for hydroxylation is 1. The molecule has 4 nitrogen and oxygen atoms in total. The van der Waals surface area contributed by atoms with E-state index in [4.69, 9.17) is 9.26 Å². The predicted octanol–water partition coefficient (Wildman–Crippen LogP) is 1.82. The summed E-state index contributed by atoms with van der Waals surface area (Å²) in [4.78, 5) is 4.12. The fourth-order valence-electron chi connectivity index (χ4n) is 0.967. The number of ether oxygens (including phenoxy) is 1. The Bertz CT molecular complexity index is 315. The molecule has 0 unspecified atom stereocenters. The summed E-state index contributed by atoms with van der Waals surface area (Å²) in [7, 11) is 1.66. The SMILES string of the molecule is COC/C(C)=C(/C)c1noc(C)n1. The van der Waals surface area contributed by atoms with Crippen LogP contribution in [0.4, 0.5) is 0 Å². The molecular formula is C9H14N2O2. The topological polar surface area (TPSA) is 48.2 Å². The van der Waals surface area contributed by atoms with Crippen LogP contribution in [0.25, 0.3) is 5.57 Å². The lowest BCUT2D eigenvalue weighted by atomic mass is 10.1. The number of nitrogens with zero attached hydrogens (tertiary/aromatic N) is 2. The summed E-state index contributed by atoms with van der Waals surface area (Å²) in [6, 6.07) is 0. The maximum Gasteiger partial charge on any atom is 0.223 e. The molecular weight excluding hydrogens is 168 g/mol. The van der Waals surface area contributed by atoms with E-state index in [9.17, 15) is 0 Å². The van der Waals surface area contributed by atoms with Gasteiger partial charge in [-0.1, -0.05) is 5.16 Å². The van der Waals surface area contributed by atoms with E-state index in [1.165, 1.54) is 0 Å². The number of hydrogen-bond donors (Lipinski definition) is 0. The molecule has 1 aromatic heterocycles. The van der Waals surface area contributed by atoms with E-state index in [1.807, 2.05) is 13.8 Å². The van der Waals surface area contributed by atoms with E-state index < -0.39 is 0 Å². The first-order chi connectivity index (χ1) is 6.15. The molecule has 1 rings (SSSR count). The molecule has 0 saturated carbocycles. The maximum absolute atomic E-state index is 5.01. The second-order valence-corrected chi connectivity index (χ2v) is 2.98. The first-order valence-corrected chi connectivity index (χ1v) is 4.11. The zero-order chi connectivity index (χ0) is 9.84. The Kier molecular flexibility index (Phi) is 3.19. The van der Waals surface area contributed by atoms with E-state index in [0.29, 0.717) is 18.3 Å². The lowest BCUT2D eigenvalue weighted by Gasteiger charge is -2.01. The van der Waals surface area contributed by atoms with Crippen molar-refractivity contribution in [1.82, 2.24) is 10.1 Å². The van der Waals surface area contributed by atoms with Crippen LogP contribution in [-0.2, 0) is 4.74 Å². The first-order valence-electron chi connectivity index (χ1n) is 4.11. The third kappa shape index (κ3) is 2.39. The average Bonchev–Trinajstić information content (AvgIpc) is 2.51. The third-order valence-electron chi connectivity index (χ3n) is 1.86. The highest BCUT2D eigenvalue weighted by Crippen LogP contribution is 2.14. The molecule has 0 atom stereocenters. The summed E-state index contributed by atoms with van der Waals surface area (Å²) in [5.41, 5.74) is 2.13. The minimum absolute atomic E-state index is 0.583. The summed E-state index contributed by atoms with van der Waals surface area (Å²) in [6.45, 7) is 6.32. The van der Waals surface area contributed by atoms with Crippen LogP contribution in [0.1, 0.15) is 25.6 Å². The van der Waals surface area contributed by atoms with Crippen molar-refractivity contribution >= 4 is 5.57 Å². The van der Waals surface area contributed by atoms with Crippen LogP contribution in [0.2, 0.25) is 0 Å². The van der Waals surface area contributed by atoms with Crippen LogP contribution >= 0.6 is 0 Å². The fraction of sp³-hybridized carbons (Fsp3) is 0.556. The van der Waals surface area contributed by atoms with Crippen molar-refractivity contribution in [3.63, 3.8) is 0 Å². The molecule has 72 valence electrons. The molecule has 0 aliphatic rings. The Balaban J connectivity index is 2.88. The van der Waals surface area contributed by atoms with Gasteiger partial charge in [-0.2, -0.15) is 4.98 Å². The Morgan fingerprint density at radius 3 is 2.62 bits per heavy atom. The number of aromatic nitrogens is 2. The largest absolute Gasteiger partial charge is 0.380 e. The van der Waals surface area contributed by atoms with Gasteiger partial charge in [-0.15, -0.1) is 0 Å². The minimum atomic E-state index is 0.583. The molecule has 0 saturated heterocycles. The van der Waals surface area contributed by atoms with Crippen molar-refractivity contribution < 1.29 is 9.26 Å². The second-order valence-electron chi connectivity index (χ2n) is 2.98. The van der Waals surface area contributed by atoms with Crippen molar-refractivity contribution in [2.75, 3.05) is 13.7 Å². The summed E-state index contributed by atoms with van der Waals surface area (Å²) in [6.07, 6.45) is 0. The Morgan fingerprint density at radius 1 is 1.46 bits per heavy atom. The van der Waals surface area contributed by atoms with Gasteiger partial charge in [0.25, 0.3) is 0 Å². The number of hydrogen-bond acceptors (Lipinski definition) is 4. The standard InChI is InChI=1S/C9H14N2O2/c1-6(5-12-4)7(2)9-10-8(3)13-11-9/h5H2,1-4H3/b7-6-. The van der Waals surface area contributed by atoms with Crippen LogP contribution in [0.5, 0.6) is 0 Å². The fourth-order valence-corrected chi connectivity index (χ4v) is 0.967. The molecule has 0 aromatic carbocycles. The van der Waals surface area contributed by atoms with Gasteiger partial charge in [0, 0.05) is 14.0 Å². The third-order valence-corrected chi connectivity index (χ3v) is 1.86. The van der Waals surface area contributed by atoms with Gasteiger partial charge in [0.1, 0.15) is 0 Å². The van der Waals surface area contributed by atoms with Gasteiger partial charge >= 0.3 is 0 Å². The zero-order valence-corrected chi connectivity index (χ0v) is 8.42. The van der Waals surface area contributed by atoms with E-state index in [0.717, 1.165) is 11.1 Å².